The lowest BCUT2D eigenvalue weighted by molar-refractivity contribution is 0.115. The van der Waals surface area contributed by atoms with Gasteiger partial charge < -0.3 is 15.0 Å². The molecule has 0 saturated heterocycles. The second kappa shape index (κ2) is 7.13. The molecular formula is C15H29N3O. The highest BCUT2D eigenvalue weighted by molar-refractivity contribution is 5.80. The van der Waals surface area contributed by atoms with Gasteiger partial charge >= 0.3 is 0 Å². The van der Waals surface area contributed by atoms with Crippen LogP contribution in [0.1, 0.15) is 39.0 Å². The summed E-state index contributed by atoms with van der Waals surface area (Å²) in [4.78, 5) is 6.54. The minimum atomic E-state index is 0.647. The van der Waals surface area contributed by atoms with Gasteiger partial charge in [0.15, 0.2) is 5.96 Å². The number of guanidine groups is 1. The summed E-state index contributed by atoms with van der Waals surface area (Å²) >= 11 is 0. The molecule has 0 radical (unpaired) electrons. The average Bonchev–Trinajstić information content (AvgIpc) is 3.29. The SMILES string of the molecule is CCCC1CC1NC(=NC)N(C)CCOCC1CC1. The predicted molar refractivity (Wildman–Crippen MR) is 79.5 cm³/mol. The highest BCUT2D eigenvalue weighted by atomic mass is 16.5. The fraction of sp³-hybridized carbons (Fsp3) is 0.933. The maximum Gasteiger partial charge on any atom is 0.193 e. The number of likely N-dealkylation sites (N-methyl/N-ethyl adjacent to an activating group) is 1. The van der Waals surface area contributed by atoms with E-state index in [-0.39, 0.29) is 0 Å². The Hall–Kier alpha value is -0.770. The van der Waals surface area contributed by atoms with Crippen molar-refractivity contribution in [1.29, 1.82) is 0 Å². The summed E-state index contributed by atoms with van der Waals surface area (Å²) in [5.74, 6) is 2.73. The molecule has 2 atom stereocenters. The van der Waals surface area contributed by atoms with E-state index in [1.54, 1.807) is 0 Å². The smallest absolute Gasteiger partial charge is 0.193 e. The monoisotopic (exact) mass is 267 g/mol. The molecule has 0 bridgehead atoms. The molecule has 2 unspecified atom stereocenters. The van der Waals surface area contributed by atoms with Gasteiger partial charge in [0, 0.05) is 33.3 Å². The molecule has 110 valence electrons. The van der Waals surface area contributed by atoms with Gasteiger partial charge in [-0.05, 0) is 37.5 Å². The Balaban J connectivity index is 1.59. The summed E-state index contributed by atoms with van der Waals surface area (Å²) in [5.41, 5.74) is 0. The molecule has 0 aromatic rings. The lowest BCUT2D eigenvalue weighted by Crippen LogP contribution is -2.42. The molecule has 19 heavy (non-hydrogen) atoms. The number of aliphatic imine (C=N–C) groups is 1. The largest absolute Gasteiger partial charge is 0.379 e. The second-order valence-electron chi connectivity index (χ2n) is 6.02. The number of ether oxygens (including phenoxy) is 1. The van der Waals surface area contributed by atoms with Gasteiger partial charge in [0.2, 0.25) is 0 Å². The standard InChI is InChI=1S/C15H29N3O/c1-4-5-13-10-14(13)17-15(16-2)18(3)8-9-19-11-12-6-7-12/h12-14H,4-11H2,1-3H3,(H,16,17). The van der Waals surface area contributed by atoms with Crippen LogP contribution in [0.4, 0.5) is 0 Å². The topological polar surface area (TPSA) is 36.9 Å². The first-order valence-electron chi connectivity index (χ1n) is 7.76. The zero-order valence-electron chi connectivity index (χ0n) is 12.7. The van der Waals surface area contributed by atoms with Crippen molar-refractivity contribution in [3.8, 4) is 0 Å². The molecular weight excluding hydrogens is 238 g/mol. The van der Waals surface area contributed by atoms with E-state index in [4.69, 9.17) is 4.74 Å². The van der Waals surface area contributed by atoms with Crippen molar-refractivity contribution in [1.82, 2.24) is 10.2 Å². The van der Waals surface area contributed by atoms with Gasteiger partial charge in [-0.3, -0.25) is 4.99 Å². The lowest BCUT2D eigenvalue weighted by atomic mass is 10.2. The zero-order valence-corrected chi connectivity index (χ0v) is 12.7. The molecule has 4 nitrogen and oxygen atoms in total. The maximum absolute atomic E-state index is 5.68. The van der Waals surface area contributed by atoms with Gasteiger partial charge in [-0.25, -0.2) is 0 Å². The quantitative estimate of drug-likeness (QED) is 0.416. The first-order valence-corrected chi connectivity index (χ1v) is 7.76. The minimum Gasteiger partial charge on any atom is -0.379 e. The van der Waals surface area contributed by atoms with Crippen LogP contribution in [0, 0.1) is 11.8 Å². The predicted octanol–water partition coefficient (Wildman–Crippen LogP) is 2.11. The van der Waals surface area contributed by atoms with Crippen molar-refractivity contribution in [3.05, 3.63) is 0 Å². The Bertz CT molecular complexity index is 302. The highest BCUT2D eigenvalue weighted by Gasteiger charge is 2.36. The molecule has 0 aliphatic heterocycles. The van der Waals surface area contributed by atoms with Crippen molar-refractivity contribution in [2.75, 3.05) is 33.9 Å². The van der Waals surface area contributed by atoms with E-state index in [0.717, 1.165) is 37.6 Å². The highest BCUT2D eigenvalue weighted by Crippen LogP contribution is 2.34. The molecule has 0 aromatic heterocycles. The molecule has 2 rings (SSSR count). The van der Waals surface area contributed by atoms with Crippen LogP contribution < -0.4 is 5.32 Å². The number of hydrogen-bond acceptors (Lipinski definition) is 2. The lowest BCUT2D eigenvalue weighted by Gasteiger charge is -2.22. The normalized spacial score (nSPS) is 26.4. The van der Waals surface area contributed by atoms with Crippen LogP contribution in [0.3, 0.4) is 0 Å². The van der Waals surface area contributed by atoms with Gasteiger partial charge in [0.1, 0.15) is 0 Å². The second-order valence-corrected chi connectivity index (χ2v) is 6.02. The Morgan fingerprint density at radius 1 is 1.42 bits per heavy atom. The Morgan fingerprint density at radius 3 is 2.84 bits per heavy atom. The van der Waals surface area contributed by atoms with Gasteiger partial charge in [0.25, 0.3) is 0 Å². The first-order chi connectivity index (χ1) is 9.24. The Morgan fingerprint density at radius 2 is 2.21 bits per heavy atom. The summed E-state index contributed by atoms with van der Waals surface area (Å²) < 4.78 is 5.68. The van der Waals surface area contributed by atoms with Crippen molar-refractivity contribution in [3.63, 3.8) is 0 Å². The third-order valence-corrected chi connectivity index (χ3v) is 4.09. The summed E-state index contributed by atoms with van der Waals surface area (Å²) in [6.07, 6.45) is 6.65. The Kier molecular flexibility index (Phi) is 5.49. The number of nitrogens with one attached hydrogen (secondary N) is 1. The maximum atomic E-state index is 5.68. The fourth-order valence-electron chi connectivity index (χ4n) is 2.47. The third kappa shape index (κ3) is 5.01. The average molecular weight is 267 g/mol. The minimum absolute atomic E-state index is 0.647. The van der Waals surface area contributed by atoms with E-state index in [2.05, 4.69) is 29.2 Å². The van der Waals surface area contributed by atoms with Gasteiger partial charge in [-0.1, -0.05) is 13.3 Å². The molecule has 2 fully saturated rings. The molecule has 0 amide bonds. The molecule has 2 aliphatic carbocycles. The van der Waals surface area contributed by atoms with Crippen LogP contribution in [0.25, 0.3) is 0 Å². The van der Waals surface area contributed by atoms with Crippen LogP contribution in [0.2, 0.25) is 0 Å². The van der Waals surface area contributed by atoms with Gasteiger partial charge in [0.05, 0.1) is 6.61 Å². The van der Waals surface area contributed by atoms with Crippen LogP contribution in [-0.2, 0) is 4.74 Å². The molecule has 0 aromatic carbocycles. The van der Waals surface area contributed by atoms with Gasteiger partial charge in [-0.15, -0.1) is 0 Å². The summed E-state index contributed by atoms with van der Waals surface area (Å²) in [5, 5.41) is 3.56. The molecule has 0 heterocycles. The van der Waals surface area contributed by atoms with Crippen molar-refractivity contribution in [2.45, 2.75) is 45.1 Å². The first kappa shape index (κ1) is 14.6. The van der Waals surface area contributed by atoms with Crippen molar-refractivity contribution in [2.24, 2.45) is 16.8 Å². The molecule has 4 heteroatoms. The van der Waals surface area contributed by atoms with E-state index >= 15 is 0 Å². The Labute approximate surface area is 117 Å². The summed E-state index contributed by atoms with van der Waals surface area (Å²) in [6.45, 7) is 4.92. The van der Waals surface area contributed by atoms with E-state index < -0.39 is 0 Å². The van der Waals surface area contributed by atoms with E-state index in [1.807, 2.05) is 7.05 Å². The molecule has 2 aliphatic rings. The van der Waals surface area contributed by atoms with Gasteiger partial charge in [-0.2, -0.15) is 0 Å². The summed E-state index contributed by atoms with van der Waals surface area (Å²) in [7, 11) is 3.95. The summed E-state index contributed by atoms with van der Waals surface area (Å²) in [6, 6.07) is 0.647. The van der Waals surface area contributed by atoms with Crippen molar-refractivity contribution >= 4 is 5.96 Å². The van der Waals surface area contributed by atoms with Crippen LogP contribution >= 0.6 is 0 Å². The number of rotatable bonds is 8. The third-order valence-electron chi connectivity index (χ3n) is 4.09. The number of hydrogen-bond donors (Lipinski definition) is 1. The molecule has 2 saturated carbocycles. The number of nitrogens with zero attached hydrogens (tertiary/aromatic N) is 2. The molecule has 1 N–H and O–H groups in total. The van der Waals surface area contributed by atoms with E-state index in [9.17, 15) is 0 Å². The van der Waals surface area contributed by atoms with Crippen LogP contribution in [0.15, 0.2) is 4.99 Å². The zero-order chi connectivity index (χ0) is 13.7. The van der Waals surface area contributed by atoms with E-state index in [1.165, 1.54) is 32.1 Å². The molecule has 0 spiro atoms. The van der Waals surface area contributed by atoms with E-state index in [0.29, 0.717) is 6.04 Å². The van der Waals surface area contributed by atoms with Crippen molar-refractivity contribution < 1.29 is 4.74 Å². The van der Waals surface area contributed by atoms with Crippen LogP contribution in [-0.4, -0.2) is 50.8 Å². The van der Waals surface area contributed by atoms with Crippen LogP contribution in [0.5, 0.6) is 0 Å². The fourth-order valence-corrected chi connectivity index (χ4v) is 2.47.